The Balaban J connectivity index is 2.10. The van der Waals surface area contributed by atoms with Crippen molar-refractivity contribution in [3.63, 3.8) is 0 Å². The van der Waals surface area contributed by atoms with Crippen molar-refractivity contribution in [2.24, 2.45) is 0 Å². The zero-order valence-electron chi connectivity index (χ0n) is 14.1. The zero-order chi connectivity index (χ0) is 16.7. The van der Waals surface area contributed by atoms with Gasteiger partial charge in [-0.3, -0.25) is 4.79 Å². The van der Waals surface area contributed by atoms with E-state index in [-0.39, 0.29) is 5.91 Å². The maximum absolute atomic E-state index is 13.0. The third-order valence-corrected chi connectivity index (χ3v) is 5.00. The molecule has 1 aliphatic rings. The highest BCUT2D eigenvalue weighted by atomic mass is 35.5. The molecule has 2 rings (SSSR count). The van der Waals surface area contributed by atoms with Gasteiger partial charge < -0.3 is 15.0 Å². The Morgan fingerprint density at radius 2 is 2.00 bits per heavy atom. The van der Waals surface area contributed by atoms with Crippen molar-refractivity contribution in [1.29, 1.82) is 0 Å². The molecule has 0 radical (unpaired) electrons. The van der Waals surface area contributed by atoms with Gasteiger partial charge in [0.15, 0.2) is 0 Å². The summed E-state index contributed by atoms with van der Waals surface area (Å²) in [6, 6.07) is 7.67. The van der Waals surface area contributed by atoms with Gasteiger partial charge in [-0.05, 0) is 43.6 Å². The fourth-order valence-electron chi connectivity index (χ4n) is 3.19. The SMILES string of the molecule is CCN(CC)CCNC(=O)C1(c2cccc(Cl)c2)CCOCC1. The van der Waals surface area contributed by atoms with Crippen molar-refractivity contribution in [3.8, 4) is 0 Å². The van der Waals surface area contributed by atoms with E-state index in [2.05, 4.69) is 24.1 Å². The largest absolute Gasteiger partial charge is 0.381 e. The number of rotatable bonds is 7. The number of benzene rings is 1. The number of ether oxygens (including phenoxy) is 1. The molecule has 0 aliphatic carbocycles. The Kier molecular flexibility index (Phi) is 6.88. The topological polar surface area (TPSA) is 41.6 Å². The number of carbonyl (C=O) groups is 1. The standard InChI is InChI=1S/C18H27ClN2O2/c1-3-21(4-2)11-10-20-17(22)18(8-12-23-13-9-18)15-6-5-7-16(19)14-15/h5-7,14H,3-4,8-13H2,1-2H3,(H,20,22). The third kappa shape index (κ3) is 4.46. The molecule has 1 aromatic carbocycles. The molecule has 1 aliphatic heterocycles. The van der Waals surface area contributed by atoms with E-state index in [4.69, 9.17) is 16.3 Å². The Morgan fingerprint density at radius 3 is 2.61 bits per heavy atom. The molecule has 1 saturated heterocycles. The van der Waals surface area contributed by atoms with Gasteiger partial charge in [0.2, 0.25) is 5.91 Å². The number of hydrogen-bond acceptors (Lipinski definition) is 3. The van der Waals surface area contributed by atoms with Crippen LogP contribution < -0.4 is 5.32 Å². The Bertz CT molecular complexity index is 511. The Labute approximate surface area is 144 Å². The van der Waals surface area contributed by atoms with Gasteiger partial charge in [0, 0.05) is 31.3 Å². The van der Waals surface area contributed by atoms with Gasteiger partial charge in [0.05, 0.1) is 5.41 Å². The van der Waals surface area contributed by atoms with Crippen molar-refractivity contribution in [1.82, 2.24) is 10.2 Å². The number of carbonyl (C=O) groups excluding carboxylic acids is 1. The lowest BCUT2D eigenvalue weighted by Crippen LogP contribution is -2.49. The molecule has 1 N–H and O–H groups in total. The lowest BCUT2D eigenvalue weighted by molar-refractivity contribution is -0.130. The first kappa shape index (κ1) is 18.2. The van der Waals surface area contributed by atoms with Crippen LogP contribution in [0.3, 0.4) is 0 Å². The van der Waals surface area contributed by atoms with Crippen LogP contribution in [0.15, 0.2) is 24.3 Å². The van der Waals surface area contributed by atoms with E-state index in [9.17, 15) is 4.79 Å². The van der Waals surface area contributed by atoms with Crippen LogP contribution in [0, 0.1) is 0 Å². The van der Waals surface area contributed by atoms with E-state index in [1.165, 1.54) is 0 Å². The van der Waals surface area contributed by atoms with Crippen molar-refractivity contribution >= 4 is 17.5 Å². The molecular weight excluding hydrogens is 312 g/mol. The summed E-state index contributed by atoms with van der Waals surface area (Å²) in [6.45, 7) is 9.03. The molecule has 4 nitrogen and oxygen atoms in total. The zero-order valence-corrected chi connectivity index (χ0v) is 14.9. The minimum absolute atomic E-state index is 0.0928. The van der Waals surface area contributed by atoms with Crippen LogP contribution in [0.2, 0.25) is 5.02 Å². The molecule has 0 saturated carbocycles. The number of nitrogens with zero attached hydrogens (tertiary/aromatic N) is 1. The second kappa shape index (κ2) is 8.67. The first-order valence-corrected chi connectivity index (χ1v) is 8.84. The van der Waals surface area contributed by atoms with E-state index in [0.717, 1.165) is 25.2 Å². The molecular formula is C18H27ClN2O2. The summed E-state index contributed by atoms with van der Waals surface area (Å²) >= 11 is 6.14. The summed E-state index contributed by atoms with van der Waals surface area (Å²) in [5.74, 6) is 0.0928. The van der Waals surface area contributed by atoms with Crippen LogP contribution in [0.25, 0.3) is 0 Å². The smallest absolute Gasteiger partial charge is 0.230 e. The van der Waals surface area contributed by atoms with E-state index < -0.39 is 5.41 Å². The highest BCUT2D eigenvalue weighted by Crippen LogP contribution is 2.36. The lowest BCUT2D eigenvalue weighted by Gasteiger charge is -2.36. The van der Waals surface area contributed by atoms with Crippen molar-refractivity contribution in [2.45, 2.75) is 32.1 Å². The molecule has 1 amide bonds. The highest BCUT2D eigenvalue weighted by Gasteiger charge is 2.41. The van der Waals surface area contributed by atoms with Gasteiger partial charge in [-0.25, -0.2) is 0 Å². The van der Waals surface area contributed by atoms with E-state index >= 15 is 0 Å². The predicted molar refractivity (Wildman–Crippen MR) is 94.0 cm³/mol. The molecule has 0 spiro atoms. The molecule has 5 heteroatoms. The van der Waals surface area contributed by atoms with Crippen LogP contribution in [-0.2, 0) is 14.9 Å². The normalized spacial score (nSPS) is 17.2. The van der Waals surface area contributed by atoms with E-state index in [1.807, 2.05) is 24.3 Å². The summed E-state index contributed by atoms with van der Waals surface area (Å²) in [7, 11) is 0. The van der Waals surface area contributed by atoms with E-state index in [1.54, 1.807) is 0 Å². The average molecular weight is 339 g/mol. The van der Waals surface area contributed by atoms with Crippen LogP contribution in [0.5, 0.6) is 0 Å². The second-order valence-corrected chi connectivity index (χ2v) is 6.42. The lowest BCUT2D eigenvalue weighted by atomic mass is 9.73. The summed E-state index contributed by atoms with van der Waals surface area (Å²) in [6.07, 6.45) is 1.40. The molecule has 1 fully saturated rings. The first-order chi connectivity index (χ1) is 11.1. The van der Waals surface area contributed by atoms with Crippen LogP contribution in [-0.4, -0.2) is 50.2 Å². The van der Waals surface area contributed by atoms with Crippen LogP contribution in [0.1, 0.15) is 32.3 Å². The van der Waals surface area contributed by atoms with Gasteiger partial charge in [0.25, 0.3) is 0 Å². The minimum Gasteiger partial charge on any atom is -0.381 e. The van der Waals surface area contributed by atoms with Gasteiger partial charge in [-0.15, -0.1) is 0 Å². The summed E-state index contributed by atoms with van der Waals surface area (Å²) in [5.41, 5.74) is 0.473. The number of nitrogens with one attached hydrogen (secondary N) is 1. The number of halogens is 1. The van der Waals surface area contributed by atoms with E-state index in [0.29, 0.717) is 37.6 Å². The van der Waals surface area contributed by atoms with Gasteiger partial charge in [-0.2, -0.15) is 0 Å². The summed E-state index contributed by atoms with van der Waals surface area (Å²) in [5, 5.41) is 3.80. The van der Waals surface area contributed by atoms with Gasteiger partial charge >= 0.3 is 0 Å². The number of likely N-dealkylation sites (N-methyl/N-ethyl adjacent to an activating group) is 1. The molecule has 1 heterocycles. The fourth-order valence-corrected chi connectivity index (χ4v) is 3.38. The monoisotopic (exact) mass is 338 g/mol. The van der Waals surface area contributed by atoms with Gasteiger partial charge in [-0.1, -0.05) is 37.6 Å². The van der Waals surface area contributed by atoms with Crippen LogP contribution >= 0.6 is 11.6 Å². The molecule has 1 aromatic rings. The molecule has 0 bridgehead atoms. The number of hydrogen-bond donors (Lipinski definition) is 1. The van der Waals surface area contributed by atoms with Crippen molar-refractivity contribution in [2.75, 3.05) is 39.4 Å². The molecule has 128 valence electrons. The quantitative estimate of drug-likeness (QED) is 0.831. The predicted octanol–water partition coefficient (Wildman–Crippen LogP) is 2.85. The molecule has 0 aromatic heterocycles. The van der Waals surface area contributed by atoms with Crippen molar-refractivity contribution in [3.05, 3.63) is 34.9 Å². The second-order valence-electron chi connectivity index (χ2n) is 5.99. The molecule has 23 heavy (non-hydrogen) atoms. The molecule has 0 unspecified atom stereocenters. The molecule has 0 atom stereocenters. The fraction of sp³-hybridized carbons (Fsp3) is 0.611. The summed E-state index contributed by atoms with van der Waals surface area (Å²) < 4.78 is 5.48. The maximum atomic E-state index is 13.0. The first-order valence-electron chi connectivity index (χ1n) is 8.47. The van der Waals surface area contributed by atoms with Gasteiger partial charge in [0.1, 0.15) is 0 Å². The summed E-state index contributed by atoms with van der Waals surface area (Å²) in [4.78, 5) is 15.3. The van der Waals surface area contributed by atoms with Crippen molar-refractivity contribution < 1.29 is 9.53 Å². The average Bonchev–Trinajstić information content (AvgIpc) is 2.59. The maximum Gasteiger partial charge on any atom is 0.230 e. The minimum atomic E-state index is -0.521. The Morgan fingerprint density at radius 1 is 1.30 bits per heavy atom. The van der Waals surface area contributed by atoms with Crippen LogP contribution in [0.4, 0.5) is 0 Å². The number of amides is 1. The highest BCUT2D eigenvalue weighted by molar-refractivity contribution is 6.30. The third-order valence-electron chi connectivity index (χ3n) is 4.77. The Hall–Kier alpha value is -1.10.